The molecule has 1 fully saturated rings. The van der Waals surface area contributed by atoms with Gasteiger partial charge in [-0.3, -0.25) is 4.99 Å². The summed E-state index contributed by atoms with van der Waals surface area (Å²) in [6.07, 6.45) is 4.81. The molecule has 0 aliphatic carbocycles. The highest BCUT2D eigenvalue weighted by Gasteiger charge is 2.21. The maximum Gasteiger partial charge on any atom is 0.191 e. The van der Waals surface area contributed by atoms with Crippen molar-refractivity contribution in [2.75, 3.05) is 46.0 Å². The van der Waals surface area contributed by atoms with E-state index in [0.717, 1.165) is 30.9 Å². The molecule has 0 amide bonds. The molecule has 0 saturated carbocycles. The molecule has 1 saturated heterocycles. The quantitative estimate of drug-likeness (QED) is 0.351. The molecule has 1 atom stereocenters. The molecule has 1 rings (SSSR count). The molecular weight excluding hydrogens is 419 g/mol. The maximum atomic E-state index is 4.35. The van der Waals surface area contributed by atoms with E-state index in [0.29, 0.717) is 0 Å². The van der Waals surface area contributed by atoms with Crippen molar-refractivity contribution in [1.82, 2.24) is 15.5 Å². The molecule has 138 valence electrons. The van der Waals surface area contributed by atoms with Crippen molar-refractivity contribution in [1.29, 1.82) is 0 Å². The normalized spacial score (nSPS) is 20.3. The van der Waals surface area contributed by atoms with Gasteiger partial charge in [0.05, 0.1) is 0 Å². The third-order valence-electron chi connectivity index (χ3n) is 4.24. The fourth-order valence-electron chi connectivity index (χ4n) is 2.83. The zero-order valence-corrected chi connectivity index (χ0v) is 19.0. The first-order valence-corrected chi connectivity index (χ1v) is 9.80. The smallest absolute Gasteiger partial charge is 0.191 e. The second-order valence-corrected chi connectivity index (χ2v) is 8.95. The van der Waals surface area contributed by atoms with Crippen molar-refractivity contribution >= 4 is 41.7 Å². The first-order chi connectivity index (χ1) is 10.4. The lowest BCUT2D eigenvalue weighted by Gasteiger charge is -2.34. The lowest BCUT2D eigenvalue weighted by atomic mass is 9.97. The Bertz CT molecular complexity index is 347. The third-order valence-corrected chi connectivity index (χ3v) is 5.49. The number of nitrogens with zero attached hydrogens (tertiary/aromatic N) is 2. The second-order valence-electron chi connectivity index (χ2n) is 7.43. The van der Waals surface area contributed by atoms with Gasteiger partial charge in [0.2, 0.25) is 0 Å². The summed E-state index contributed by atoms with van der Waals surface area (Å²) in [7, 11) is 1.85. The number of halogens is 1. The molecule has 6 heteroatoms. The van der Waals surface area contributed by atoms with Crippen LogP contribution < -0.4 is 10.6 Å². The lowest BCUT2D eigenvalue weighted by molar-refractivity contribution is 0.159. The highest BCUT2D eigenvalue weighted by Crippen LogP contribution is 2.19. The first-order valence-electron chi connectivity index (χ1n) is 8.58. The molecule has 23 heavy (non-hydrogen) atoms. The molecule has 0 radical (unpaired) electrons. The minimum Gasteiger partial charge on any atom is -0.356 e. The molecule has 0 aromatic heterocycles. The summed E-state index contributed by atoms with van der Waals surface area (Å²) >= 11 is 1.88. The molecule has 0 spiro atoms. The predicted octanol–water partition coefficient (Wildman–Crippen LogP) is 3.28. The van der Waals surface area contributed by atoms with E-state index >= 15 is 0 Å². The molecular formula is C17H37IN4S. The molecule has 2 N–H and O–H groups in total. The molecule has 1 unspecified atom stereocenters. The van der Waals surface area contributed by atoms with Crippen molar-refractivity contribution < 1.29 is 0 Å². The summed E-state index contributed by atoms with van der Waals surface area (Å²) in [5, 5.41) is 6.96. The van der Waals surface area contributed by atoms with E-state index in [9.17, 15) is 0 Å². The first kappa shape index (κ1) is 23.3. The number of hydrogen-bond acceptors (Lipinski definition) is 3. The van der Waals surface area contributed by atoms with E-state index in [1.807, 2.05) is 18.8 Å². The van der Waals surface area contributed by atoms with Crippen LogP contribution in [-0.2, 0) is 0 Å². The van der Waals surface area contributed by atoms with Gasteiger partial charge in [-0.05, 0) is 51.3 Å². The summed E-state index contributed by atoms with van der Waals surface area (Å²) in [6, 6.07) is 0. The van der Waals surface area contributed by atoms with Crippen LogP contribution in [0.4, 0.5) is 0 Å². The average molecular weight is 456 g/mol. The van der Waals surface area contributed by atoms with Crippen LogP contribution in [-0.4, -0.2) is 61.6 Å². The van der Waals surface area contributed by atoms with E-state index < -0.39 is 0 Å². The topological polar surface area (TPSA) is 39.7 Å². The summed E-state index contributed by atoms with van der Waals surface area (Å²) in [4.78, 5) is 6.97. The number of likely N-dealkylation sites (tertiary alicyclic amines) is 1. The maximum absolute atomic E-state index is 4.35. The van der Waals surface area contributed by atoms with Gasteiger partial charge in [-0.2, -0.15) is 11.8 Å². The molecule has 0 bridgehead atoms. The Morgan fingerprint density at radius 1 is 1.35 bits per heavy atom. The molecule has 1 aliphatic heterocycles. The zero-order valence-electron chi connectivity index (χ0n) is 15.8. The van der Waals surface area contributed by atoms with Crippen molar-refractivity contribution in [2.45, 2.75) is 45.3 Å². The number of nitrogens with one attached hydrogen (secondary N) is 2. The molecule has 4 nitrogen and oxygen atoms in total. The summed E-state index contributed by atoms with van der Waals surface area (Å²) in [5.41, 5.74) is 0. The monoisotopic (exact) mass is 456 g/mol. The number of thioether (sulfide) groups is 1. The van der Waals surface area contributed by atoms with Gasteiger partial charge in [0.25, 0.3) is 0 Å². The largest absolute Gasteiger partial charge is 0.356 e. The van der Waals surface area contributed by atoms with Gasteiger partial charge in [-0.25, -0.2) is 0 Å². The van der Waals surface area contributed by atoms with Crippen molar-refractivity contribution in [3.05, 3.63) is 0 Å². The van der Waals surface area contributed by atoms with Crippen LogP contribution in [0.25, 0.3) is 0 Å². The Morgan fingerprint density at radius 2 is 2.04 bits per heavy atom. The number of rotatable bonds is 7. The minimum atomic E-state index is 0. The summed E-state index contributed by atoms with van der Waals surface area (Å²) in [5.74, 6) is 2.43. The second kappa shape index (κ2) is 11.8. The summed E-state index contributed by atoms with van der Waals surface area (Å²) in [6.45, 7) is 14.8. The standard InChI is InChI=1S/C17H36N4S.HI/c1-14(2)11-21-9-7-8-15(12-21)10-19-16(18-5)20-13-17(3,4)22-6;/h14-15H,7-13H2,1-6H3,(H2,18,19,20);1H. The van der Waals surface area contributed by atoms with Crippen LogP contribution in [0, 0.1) is 11.8 Å². The number of guanidine groups is 1. The number of hydrogen-bond donors (Lipinski definition) is 2. The van der Waals surface area contributed by atoms with Crippen LogP contribution in [0.5, 0.6) is 0 Å². The fraction of sp³-hybridized carbons (Fsp3) is 0.941. The van der Waals surface area contributed by atoms with Crippen LogP contribution in [0.1, 0.15) is 40.5 Å². The van der Waals surface area contributed by atoms with Crippen LogP contribution in [0.3, 0.4) is 0 Å². The average Bonchev–Trinajstić information content (AvgIpc) is 2.47. The van der Waals surface area contributed by atoms with Gasteiger partial charge in [-0.15, -0.1) is 24.0 Å². The van der Waals surface area contributed by atoms with Crippen molar-refractivity contribution in [3.8, 4) is 0 Å². The van der Waals surface area contributed by atoms with Crippen LogP contribution >= 0.6 is 35.7 Å². The van der Waals surface area contributed by atoms with Gasteiger partial charge >= 0.3 is 0 Å². The SMILES string of the molecule is CN=C(NCC1CCCN(CC(C)C)C1)NCC(C)(C)SC.I. The van der Waals surface area contributed by atoms with Gasteiger partial charge in [0, 0.05) is 38.0 Å². The number of piperidine rings is 1. The summed E-state index contributed by atoms with van der Waals surface area (Å²) < 4.78 is 0.233. The van der Waals surface area contributed by atoms with Crippen molar-refractivity contribution in [2.24, 2.45) is 16.8 Å². The molecule has 0 aromatic rings. The zero-order chi connectivity index (χ0) is 16.6. The van der Waals surface area contributed by atoms with E-state index in [1.54, 1.807) is 0 Å². The Hall–Kier alpha value is 0.310. The van der Waals surface area contributed by atoms with Crippen LogP contribution in [0.15, 0.2) is 4.99 Å². The third kappa shape index (κ3) is 10.0. The van der Waals surface area contributed by atoms with E-state index in [-0.39, 0.29) is 28.7 Å². The Balaban J connectivity index is 0.00000484. The van der Waals surface area contributed by atoms with Gasteiger partial charge in [0.15, 0.2) is 5.96 Å². The Labute approximate surface area is 165 Å². The molecule has 1 aliphatic rings. The van der Waals surface area contributed by atoms with Crippen LogP contribution in [0.2, 0.25) is 0 Å². The van der Waals surface area contributed by atoms with E-state index in [1.165, 1.54) is 32.5 Å². The predicted molar refractivity (Wildman–Crippen MR) is 116 cm³/mol. The lowest BCUT2D eigenvalue weighted by Crippen LogP contribution is -2.47. The van der Waals surface area contributed by atoms with Gasteiger partial charge < -0.3 is 15.5 Å². The van der Waals surface area contributed by atoms with E-state index in [2.05, 4.69) is 54.5 Å². The van der Waals surface area contributed by atoms with Gasteiger partial charge in [-0.1, -0.05) is 13.8 Å². The highest BCUT2D eigenvalue weighted by molar-refractivity contribution is 14.0. The molecule has 0 aromatic carbocycles. The van der Waals surface area contributed by atoms with Gasteiger partial charge in [0.1, 0.15) is 0 Å². The van der Waals surface area contributed by atoms with Crippen molar-refractivity contribution in [3.63, 3.8) is 0 Å². The molecule has 1 heterocycles. The fourth-order valence-corrected chi connectivity index (χ4v) is 3.05. The Morgan fingerprint density at radius 3 is 2.61 bits per heavy atom. The number of aliphatic imine (C=N–C) groups is 1. The minimum absolute atomic E-state index is 0. The highest BCUT2D eigenvalue weighted by atomic mass is 127. The Kier molecular flexibility index (Phi) is 12.0. The van der Waals surface area contributed by atoms with E-state index in [4.69, 9.17) is 0 Å².